The first-order valence-electron chi connectivity index (χ1n) is 14.0. The van der Waals surface area contributed by atoms with Gasteiger partial charge in [0.05, 0.1) is 6.10 Å². The first kappa shape index (κ1) is 33.6. The van der Waals surface area contributed by atoms with Gasteiger partial charge in [0.25, 0.3) is 0 Å². The van der Waals surface area contributed by atoms with Crippen LogP contribution in [0.1, 0.15) is 105 Å². The predicted octanol–water partition coefficient (Wildman–Crippen LogP) is 6.08. The lowest BCUT2D eigenvalue weighted by molar-refractivity contribution is -0.0573. The van der Waals surface area contributed by atoms with Gasteiger partial charge >= 0.3 is 20.8 Å². The molecule has 1 unspecified atom stereocenters. The first-order valence-corrected chi connectivity index (χ1v) is 16.8. The highest BCUT2D eigenvalue weighted by molar-refractivity contribution is 7.80. The van der Waals surface area contributed by atoms with Crippen LogP contribution in [0, 0.1) is 46.3 Å². The van der Waals surface area contributed by atoms with Crippen molar-refractivity contribution >= 4 is 20.8 Å². The van der Waals surface area contributed by atoms with Crippen LogP contribution in [-0.2, 0) is 20.8 Å². The molecule has 0 aromatic heterocycles. The Balaban J connectivity index is 0.000000435. The minimum absolute atomic E-state index is 0.0766. The van der Waals surface area contributed by atoms with E-state index in [1.54, 1.807) is 5.57 Å². The van der Waals surface area contributed by atoms with E-state index in [2.05, 4.69) is 40.7 Å². The number of hydrogen-bond acceptors (Lipinski definition) is 5. The van der Waals surface area contributed by atoms with E-state index in [4.69, 9.17) is 35.0 Å². The maximum atomic E-state index is 10.2. The Morgan fingerprint density at radius 2 is 1.45 bits per heavy atom. The molecule has 0 saturated heterocycles. The van der Waals surface area contributed by atoms with E-state index in [1.165, 1.54) is 57.8 Å². The molecule has 4 aliphatic carbocycles. The van der Waals surface area contributed by atoms with Crippen molar-refractivity contribution in [1.82, 2.24) is 0 Å². The van der Waals surface area contributed by atoms with E-state index in [1.807, 2.05) is 0 Å². The fraction of sp³-hybridized carbons (Fsp3) is 0.926. The predicted molar refractivity (Wildman–Crippen MR) is 147 cm³/mol. The third-order valence-corrected chi connectivity index (χ3v) is 10.3. The van der Waals surface area contributed by atoms with Crippen molar-refractivity contribution in [3.63, 3.8) is 0 Å². The highest BCUT2D eigenvalue weighted by atomic mass is 32.3. The topological polar surface area (TPSA) is 169 Å². The molecule has 0 heterocycles. The van der Waals surface area contributed by atoms with E-state index in [9.17, 15) is 5.11 Å². The number of aliphatic hydroxyl groups is 1. The Morgan fingerprint density at radius 3 is 2.00 bits per heavy atom. The summed E-state index contributed by atoms with van der Waals surface area (Å²) in [6.07, 6.45) is 17.2. The lowest BCUT2D eigenvalue weighted by Gasteiger charge is -2.58. The second-order valence-corrected chi connectivity index (χ2v) is 14.9. The lowest BCUT2D eigenvalue weighted by atomic mass is 9.47. The van der Waals surface area contributed by atoms with Crippen LogP contribution >= 0.6 is 0 Å². The van der Waals surface area contributed by atoms with Crippen molar-refractivity contribution in [3.8, 4) is 0 Å². The molecular formula is C27H50O9S2. The molecule has 8 atom stereocenters. The van der Waals surface area contributed by atoms with Gasteiger partial charge in [-0.05, 0) is 97.7 Å². The number of hydrogen-bond donors (Lipinski definition) is 5. The smallest absolute Gasteiger partial charge is 0.393 e. The van der Waals surface area contributed by atoms with Gasteiger partial charge in [-0.3, -0.25) is 18.2 Å². The zero-order valence-electron chi connectivity index (χ0n) is 23.6. The third-order valence-electron chi connectivity index (χ3n) is 10.3. The first-order chi connectivity index (χ1) is 17.3. The molecule has 0 radical (unpaired) electrons. The van der Waals surface area contributed by atoms with Crippen molar-refractivity contribution in [2.45, 2.75) is 111 Å². The van der Waals surface area contributed by atoms with Crippen LogP contribution in [0.25, 0.3) is 0 Å². The summed E-state index contributed by atoms with van der Waals surface area (Å²) < 4.78 is 63.2. The summed E-state index contributed by atoms with van der Waals surface area (Å²) in [6, 6.07) is 0. The van der Waals surface area contributed by atoms with Crippen molar-refractivity contribution in [3.05, 3.63) is 11.6 Å². The number of aliphatic hydroxyl groups excluding tert-OH is 1. The van der Waals surface area contributed by atoms with Gasteiger partial charge < -0.3 is 5.11 Å². The average Bonchev–Trinajstić information content (AvgIpc) is 3.09. The monoisotopic (exact) mass is 582 g/mol. The minimum Gasteiger partial charge on any atom is -0.393 e. The van der Waals surface area contributed by atoms with Crippen molar-refractivity contribution in [1.29, 1.82) is 0 Å². The fourth-order valence-corrected chi connectivity index (χ4v) is 8.67. The largest absolute Gasteiger partial charge is 0.394 e. The molecule has 0 spiro atoms. The van der Waals surface area contributed by atoms with Gasteiger partial charge in [-0.15, -0.1) is 0 Å². The van der Waals surface area contributed by atoms with Crippen LogP contribution in [0.5, 0.6) is 0 Å². The van der Waals surface area contributed by atoms with Crippen LogP contribution < -0.4 is 0 Å². The number of rotatable bonds is 5. The summed E-state index contributed by atoms with van der Waals surface area (Å²) in [5.74, 6) is 5.46. The highest BCUT2D eigenvalue weighted by Gasteiger charge is 2.59. The standard InChI is InChI=1S/C27H46O.2H2O4S/c1-18(2)7-6-8-19(3)23-11-12-24-22-10-9-20-17-21(28)13-15-26(20,4)25(22)14-16-27(23,24)5;2*1-5(2,3)4/h9,18-19,21-25,28H,6-8,10-17H2,1-5H3;2*(H2,1,2,3,4)/t19?,21-,22-,23+,24-,25-,26-,27+;;/m0../s1. The second-order valence-electron chi connectivity index (χ2n) is 13.1. The SMILES string of the molecule is CC(C)CCCC(C)[C@H]1CC[C@H]2[C@@H]3CC=C4C[C@@H](O)CC[C@]4(C)[C@H]3CC[C@]12C.O=S(=O)(O)O.O=S(=O)(O)O. The van der Waals surface area contributed by atoms with Gasteiger partial charge in [0.15, 0.2) is 0 Å². The average molecular weight is 583 g/mol. The minimum atomic E-state index is -4.67. The molecule has 38 heavy (non-hydrogen) atoms. The molecule has 224 valence electrons. The maximum Gasteiger partial charge on any atom is 0.394 e. The summed E-state index contributed by atoms with van der Waals surface area (Å²) in [7, 11) is -9.33. The highest BCUT2D eigenvalue weighted by Crippen LogP contribution is 2.67. The van der Waals surface area contributed by atoms with Gasteiger partial charge in [-0.25, -0.2) is 0 Å². The fourth-order valence-electron chi connectivity index (χ4n) is 8.67. The van der Waals surface area contributed by atoms with Gasteiger partial charge in [-0.2, -0.15) is 16.8 Å². The van der Waals surface area contributed by atoms with Gasteiger partial charge in [0, 0.05) is 0 Å². The quantitative estimate of drug-likeness (QED) is 0.190. The van der Waals surface area contributed by atoms with Crippen LogP contribution in [0.15, 0.2) is 11.6 Å². The summed E-state index contributed by atoms with van der Waals surface area (Å²) in [5, 5.41) is 10.2. The molecule has 0 aromatic rings. The molecule has 9 nitrogen and oxygen atoms in total. The van der Waals surface area contributed by atoms with Crippen LogP contribution in [0.3, 0.4) is 0 Å². The van der Waals surface area contributed by atoms with Gasteiger partial charge in [0.1, 0.15) is 0 Å². The van der Waals surface area contributed by atoms with Gasteiger partial charge in [-0.1, -0.05) is 65.5 Å². The van der Waals surface area contributed by atoms with Crippen LogP contribution in [0.4, 0.5) is 0 Å². The third kappa shape index (κ3) is 9.24. The van der Waals surface area contributed by atoms with E-state index in [0.717, 1.165) is 48.3 Å². The molecule has 5 N–H and O–H groups in total. The molecule has 3 fully saturated rings. The maximum absolute atomic E-state index is 10.2. The Kier molecular flexibility index (Phi) is 11.5. The van der Waals surface area contributed by atoms with Gasteiger partial charge in [0.2, 0.25) is 0 Å². The Labute approximate surface area is 230 Å². The molecule has 11 heteroatoms. The summed E-state index contributed by atoms with van der Waals surface area (Å²) in [4.78, 5) is 0. The van der Waals surface area contributed by atoms with Crippen LogP contribution in [-0.4, -0.2) is 46.3 Å². The Bertz CT molecular complexity index is 977. The summed E-state index contributed by atoms with van der Waals surface area (Å²) in [6.45, 7) is 12.6. The van der Waals surface area contributed by atoms with E-state index >= 15 is 0 Å². The molecule has 0 amide bonds. The molecular weight excluding hydrogens is 532 g/mol. The second kappa shape index (κ2) is 13.0. The molecule has 0 bridgehead atoms. The van der Waals surface area contributed by atoms with Crippen molar-refractivity contribution < 1.29 is 40.2 Å². The Morgan fingerprint density at radius 1 is 0.868 bits per heavy atom. The Hall–Kier alpha value is -0.560. The van der Waals surface area contributed by atoms with E-state index < -0.39 is 20.8 Å². The zero-order valence-corrected chi connectivity index (χ0v) is 25.2. The summed E-state index contributed by atoms with van der Waals surface area (Å²) in [5.41, 5.74) is 2.60. The lowest BCUT2D eigenvalue weighted by Crippen LogP contribution is -2.50. The number of fused-ring (bicyclic) bond motifs is 5. The molecule has 0 aliphatic heterocycles. The van der Waals surface area contributed by atoms with E-state index in [0.29, 0.717) is 10.8 Å². The van der Waals surface area contributed by atoms with Crippen molar-refractivity contribution in [2.75, 3.05) is 0 Å². The van der Waals surface area contributed by atoms with Crippen LogP contribution in [0.2, 0.25) is 0 Å². The molecule has 4 aliphatic rings. The molecule has 0 aromatic carbocycles. The van der Waals surface area contributed by atoms with Crippen molar-refractivity contribution in [2.24, 2.45) is 46.3 Å². The van der Waals surface area contributed by atoms with E-state index in [-0.39, 0.29) is 6.10 Å². The molecule has 4 rings (SSSR count). The normalized spacial score (nSPS) is 37.3. The number of allylic oxidation sites excluding steroid dienone is 1. The zero-order chi connectivity index (χ0) is 29.1. The summed E-state index contributed by atoms with van der Waals surface area (Å²) >= 11 is 0. The molecule has 3 saturated carbocycles.